The number of benzene rings is 1. The number of methoxy groups -OCH3 is 1. The van der Waals surface area contributed by atoms with Gasteiger partial charge in [-0.15, -0.1) is 0 Å². The average Bonchev–Trinajstić information content (AvgIpc) is 2.72. The zero-order chi connectivity index (χ0) is 19.9. The zero-order valence-electron chi connectivity index (χ0n) is 14.8. The van der Waals surface area contributed by atoms with Crippen molar-refractivity contribution in [1.29, 1.82) is 0 Å². The second-order valence-corrected chi connectivity index (χ2v) is 5.55. The number of anilines is 3. The SMILES string of the molecule is COC(=O)c1ccccc1Nc1ncnc(NCc2cccnc2)c1[N+](=O)[O-]. The Hall–Kier alpha value is -4.08. The van der Waals surface area contributed by atoms with E-state index in [-0.39, 0.29) is 22.9 Å². The number of nitro groups is 1. The van der Waals surface area contributed by atoms with Crippen LogP contribution in [-0.4, -0.2) is 33.0 Å². The van der Waals surface area contributed by atoms with E-state index in [9.17, 15) is 14.9 Å². The summed E-state index contributed by atoms with van der Waals surface area (Å²) in [5, 5.41) is 17.4. The van der Waals surface area contributed by atoms with Crippen LogP contribution in [0.15, 0.2) is 55.1 Å². The molecular formula is C18H16N6O4. The van der Waals surface area contributed by atoms with Gasteiger partial charge in [0.1, 0.15) is 6.33 Å². The third-order valence-electron chi connectivity index (χ3n) is 3.77. The molecule has 0 saturated heterocycles. The molecule has 0 amide bonds. The van der Waals surface area contributed by atoms with Crippen LogP contribution in [0.5, 0.6) is 0 Å². The molecule has 0 fully saturated rings. The molecule has 0 aliphatic carbocycles. The van der Waals surface area contributed by atoms with E-state index < -0.39 is 10.9 Å². The van der Waals surface area contributed by atoms with Crippen molar-refractivity contribution in [3.63, 3.8) is 0 Å². The Labute approximate surface area is 159 Å². The number of para-hydroxylation sites is 1. The van der Waals surface area contributed by atoms with Crippen molar-refractivity contribution in [3.05, 3.63) is 76.4 Å². The third-order valence-corrected chi connectivity index (χ3v) is 3.77. The van der Waals surface area contributed by atoms with E-state index in [0.29, 0.717) is 12.2 Å². The van der Waals surface area contributed by atoms with Crippen molar-refractivity contribution in [2.24, 2.45) is 0 Å². The van der Waals surface area contributed by atoms with Crippen molar-refractivity contribution >= 4 is 29.0 Å². The van der Waals surface area contributed by atoms with E-state index >= 15 is 0 Å². The summed E-state index contributed by atoms with van der Waals surface area (Å²) < 4.78 is 4.74. The molecule has 142 valence electrons. The molecule has 0 spiro atoms. The quantitative estimate of drug-likeness (QED) is 0.360. The van der Waals surface area contributed by atoms with Gasteiger partial charge in [0.05, 0.1) is 23.3 Å². The molecule has 3 aromatic rings. The van der Waals surface area contributed by atoms with Crippen molar-refractivity contribution in [2.75, 3.05) is 17.7 Å². The van der Waals surface area contributed by atoms with Crippen LogP contribution >= 0.6 is 0 Å². The summed E-state index contributed by atoms with van der Waals surface area (Å²) in [6, 6.07) is 10.1. The van der Waals surface area contributed by atoms with Crippen molar-refractivity contribution in [3.8, 4) is 0 Å². The molecule has 1 aromatic carbocycles. The van der Waals surface area contributed by atoms with Gasteiger partial charge >= 0.3 is 11.7 Å². The largest absolute Gasteiger partial charge is 0.465 e. The summed E-state index contributed by atoms with van der Waals surface area (Å²) in [5.41, 5.74) is 1.05. The third kappa shape index (κ3) is 4.18. The Morgan fingerprint density at radius 3 is 2.68 bits per heavy atom. The first kappa shape index (κ1) is 18.7. The van der Waals surface area contributed by atoms with E-state index in [1.807, 2.05) is 6.07 Å². The fourth-order valence-corrected chi connectivity index (χ4v) is 2.47. The molecule has 0 atom stereocenters. The minimum absolute atomic E-state index is 0.0434. The van der Waals surface area contributed by atoms with Crippen LogP contribution in [0.2, 0.25) is 0 Å². The monoisotopic (exact) mass is 380 g/mol. The van der Waals surface area contributed by atoms with E-state index in [1.54, 1.807) is 42.7 Å². The number of carbonyl (C=O) groups is 1. The number of hydrogen-bond donors (Lipinski definition) is 2. The maximum atomic E-state index is 11.9. The van der Waals surface area contributed by atoms with Gasteiger partial charge < -0.3 is 15.4 Å². The van der Waals surface area contributed by atoms with Crippen LogP contribution < -0.4 is 10.6 Å². The highest BCUT2D eigenvalue weighted by Crippen LogP contribution is 2.32. The van der Waals surface area contributed by atoms with E-state index in [1.165, 1.54) is 13.4 Å². The molecule has 2 heterocycles. The van der Waals surface area contributed by atoms with Crippen LogP contribution in [0.25, 0.3) is 0 Å². The first-order valence-electron chi connectivity index (χ1n) is 8.16. The number of rotatable bonds is 7. The molecule has 0 aliphatic heterocycles. The summed E-state index contributed by atoms with van der Waals surface area (Å²) in [6.45, 7) is 0.296. The number of ether oxygens (including phenoxy) is 1. The predicted molar refractivity (Wildman–Crippen MR) is 101 cm³/mol. The fourth-order valence-electron chi connectivity index (χ4n) is 2.47. The van der Waals surface area contributed by atoms with Gasteiger partial charge in [0.15, 0.2) is 0 Å². The Morgan fingerprint density at radius 1 is 1.18 bits per heavy atom. The number of carbonyl (C=O) groups excluding carboxylic acids is 1. The number of nitrogens with one attached hydrogen (secondary N) is 2. The molecule has 0 unspecified atom stereocenters. The van der Waals surface area contributed by atoms with Crippen molar-refractivity contribution in [2.45, 2.75) is 6.54 Å². The molecule has 0 aliphatic rings. The second-order valence-electron chi connectivity index (χ2n) is 5.55. The summed E-state index contributed by atoms with van der Waals surface area (Å²) in [4.78, 5) is 34.9. The predicted octanol–water partition coefficient (Wildman–Crippen LogP) is 2.92. The van der Waals surface area contributed by atoms with Crippen LogP contribution in [0.3, 0.4) is 0 Å². The molecule has 0 radical (unpaired) electrons. The van der Waals surface area contributed by atoms with Gasteiger partial charge in [-0.05, 0) is 23.8 Å². The maximum absolute atomic E-state index is 11.9. The van der Waals surface area contributed by atoms with E-state index in [4.69, 9.17) is 4.74 Å². The maximum Gasteiger partial charge on any atom is 0.353 e. The smallest absolute Gasteiger partial charge is 0.353 e. The molecule has 28 heavy (non-hydrogen) atoms. The number of aromatic nitrogens is 3. The lowest BCUT2D eigenvalue weighted by molar-refractivity contribution is -0.383. The summed E-state index contributed by atoms with van der Waals surface area (Å²) in [5.74, 6) is -0.582. The molecular weight excluding hydrogens is 364 g/mol. The van der Waals surface area contributed by atoms with Gasteiger partial charge in [-0.25, -0.2) is 14.8 Å². The number of hydrogen-bond acceptors (Lipinski definition) is 9. The highest BCUT2D eigenvalue weighted by atomic mass is 16.6. The normalized spacial score (nSPS) is 10.2. The van der Waals surface area contributed by atoms with E-state index in [2.05, 4.69) is 25.6 Å². The molecule has 10 nitrogen and oxygen atoms in total. The number of esters is 1. The summed E-state index contributed by atoms with van der Waals surface area (Å²) in [6.07, 6.45) is 4.48. The average molecular weight is 380 g/mol. The first-order valence-corrected chi connectivity index (χ1v) is 8.16. The number of nitrogens with zero attached hydrogens (tertiary/aromatic N) is 4. The van der Waals surface area contributed by atoms with Crippen LogP contribution in [0.1, 0.15) is 15.9 Å². The minimum Gasteiger partial charge on any atom is -0.465 e. The zero-order valence-corrected chi connectivity index (χ0v) is 14.8. The molecule has 2 N–H and O–H groups in total. The van der Waals surface area contributed by atoms with Crippen molar-refractivity contribution in [1.82, 2.24) is 15.0 Å². The minimum atomic E-state index is -0.589. The summed E-state index contributed by atoms with van der Waals surface area (Å²) >= 11 is 0. The van der Waals surface area contributed by atoms with Gasteiger partial charge in [0, 0.05) is 18.9 Å². The van der Waals surface area contributed by atoms with Gasteiger partial charge in [0.25, 0.3) is 0 Å². The van der Waals surface area contributed by atoms with Crippen LogP contribution in [-0.2, 0) is 11.3 Å². The van der Waals surface area contributed by atoms with Gasteiger partial charge in [-0.2, -0.15) is 0 Å². The van der Waals surface area contributed by atoms with Gasteiger partial charge in [-0.3, -0.25) is 15.1 Å². The van der Waals surface area contributed by atoms with Crippen molar-refractivity contribution < 1.29 is 14.5 Å². The summed E-state index contributed by atoms with van der Waals surface area (Å²) in [7, 11) is 1.26. The lowest BCUT2D eigenvalue weighted by atomic mass is 10.2. The lowest BCUT2D eigenvalue weighted by Gasteiger charge is -2.12. The number of pyridine rings is 1. The highest BCUT2D eigenvalue weighted by Gasteiger charge is 2.24. The Bertz CT molecular complexity index is 996. The molecule has 2 aromatic heterocycles. The molecule has 3 rings (SSSR count). The standard InChI is InChI=1S/C18H16N6O4/c1-28-18(25)13-6-2-3-7-14(13)23-17-15(24(26)27)16(21-11-22-17)20-10-12-5-4-8-19-9-12/h2-9,11H,10H2,1H3,(H2,20,21,22,23). The molecule has 0 saturated carbocycles. The highest BCUT2D eigenvalue weighted by molar-refractivity contribution is 5.96. The van der Waals surface area contributed by atoms with Gasteiger partial charge in [0.2, 0.25) is 11.6 Å². The topological polar surface area (TPSA) is 132 Å². The lowest BCUT2D eigenvalue weighted by Crippen LogP contribution is -2.10. The Kier molecular flexibility index (Phi) is 5.70. The Morgan fingerprint density at radius 2 is 1.96 bits per heavy atom. The van der Waals surface area contributed by atoms with E-state index in [0.717, 1.165) is 5.56 Å². The van der Waals surface area contributed by atoms with Crippen LogP contribution in [0, 0.1) is 10.1 Å². The second kappa shape index (κ2) is 8.54. The van der Waals surface area contributed by atoms with Crippen LogP contribution in [0.4, 0.5) is 23.0 Å². The first-order chi connectivity index (χ1) is 13.6. The Balaban J connectivity index is 1.92. The molecule has 0 bridgehead atoms. The molecule has 10 heteroatoms. The van der Waals surface area contributed by atoms with Gasteiger partial charge in [-0.1, -0.05) is 18.2 Å². The fraction of sp³-hybridized carbons (Fsp3) is 0.111.